The van der Waals surface area contributed by atoms with Gasteiger partial charge in [0, 0.05) is 0 Å². The Balaban J connectivity index is -0.000000292. The Kier molecular flexibility index (Phi) is 12.7. The fourth-order valence-corrected chi connectivity index (χ4v) is 3.22. The molecule has 0 aromatic carbocycles. The molecule has 0 aliphatic heterocycles. The van der Waals surface area contributed by atoms with Gasteiger partial charge in [-0.05, 0) is 42.3 Å². The van der Waals surface area contributed by atoms with Crippen LogP contribution in [0.5, 0.6) is 0 Å². The lowest BCUT2D eigenvalue weighted by atomic mass is 11.2. The molecule has 0 aromatic heterocycles. The minimum atomic E-state index is -2.44. The van der Waals surface area contributed by atoms with Gasteiger partial charge < -0.3 is 10.0 Å². The summed E-state index contributed by atoms with van der Waals surface area (Å²) >= 11 is -0.611. The fourth-order valence-electron chi connectivity index (χ4n) is 1.07. The molecule has 0 unspecified atom stereocenters. The summed E-state index contributed by atoms with van der Waals surface area (Å²) in [6.45, 7) is 0. The third kappa shape index (κ3) is 7.62. The van der Waals surface area contributed by atoms with Crippen molar-refractivity contribution in [3.8, 4) is 0 Å². The SMILES string of the molecule is CN(C)P(=O)(N(C)C)N(C)C.C[S+](C)[O-].O. The van der Waals surface area contributed by atoms with E-state index in [1.165, 1.54) is 0 Å². The zero-order chi connectivity index (χ0) is 12.8. The van der Waals surface area contributed by atoms with Crippen molar-refractivity contribution in [2.75, 3.05) is 54.8 Å². The smallest absolute Gasteiger partial charge is 0.285 e. The van der Waals surface area contributed by atoms with E-state index in [2.05, 4.69) is 0 Å². The molecular weight excluding hydrogens is 249 g/mol. The summed E-state index contributed by atoms with van der Waals surface area (Å²) in [5, 5.41) is 0. The van der Waals surface area contributed by atoms with Crippen LogP contribution in [0.4, 0.5) is 0 Å². The Morgan fingerprint density at radius 3 is 1.00 bits per heavy atom. The summed E-state index contributed by atoms with van der Waals surface area (Å²) in [4.78, 5) is 0. The van der Waals surface area contributed by atoms with E-state index in [-0.39, 0.29) is 5.48 Å². The minimum absolute atomic E-state index is 0. The summed E-state index contributed by atoms with van der Waals surface area (Å²) in [5.41, 5.74) is 0. The molecular formula is C8H26N3O3PS. The highest BCUT2D eigenvalue weighted by Gasteiger charge is 2.30. The second kappa shape index (κ2) is 9.41. The van der Waals surface area contributed by atoms with Gasteiger partial charge in [0.25, 0.3) is 7.59 Å². The van der Waals surface area contributed by atoms with Gasteiger partial charge in [0.15, 0.2) is 0 Å². The zero-order valence-corrected chi connectivity index (χ0v) is 13.2. The summed E-state index contributed by atoms with van der Waals surface area (Å²) in [7, 11) is 8.49. The molecule has 0 saturated heterocycles. The van der Waals surface area contributed by atoms with Crippen LogP contribution in [0.1, 0.15) is 0 Å². The number of hydrogen-bond donors (Lipinski definition) is 0. The van der Waals surface area contributed by atoms with Gasteiger partial charge in [-0.3, -0.25) is 4.57 Å². The quantitative estimate of drug-likeness (QED) is 0.533. The molecule has 0 spiro atoms. The molecule has 8 heteroatoms. The highest BCUT2D eigenvalue weighted by molar-refractivity contribution is 7.89. The maximum absolute atomic E-state index is 12.1. The standard InChI is InChI=1S/C6H18N3OP.C2H6OS.H2O/c1-7(2)11(10,8(3)4)9(5)6;1-4(2)3;/h1-6H3;1-2H3;1H2. The number of rotatable bonds is 3. The van der Waals surface area contributed by atoms with Crippen LogP contribution in [-0.4, -0.2) is 78.8 Å². The van der Waals surface area contributed by atoms with Gasteiger partial charge in [0.1, 0.15) is 0 Å². The average Bonchev–Trinajstić information content (AvgIpc) is 2.00. The Morgan fingerprint density at radius 2 is 1.00 bits per heavy atom. The van der Waals surface area contributed by atoms with Crippen LogP contribution in [0.2, 0.25) is 0 Å². The van der Waals surface area contributed by atoms with Gasteiger partial charge >= 0.3 is 0 Å². The average molecular weight is 275 g/mol. The first-order valence-corrected chi connectivity index (χ1v) is 7.98. The van der Waals surface area contributed by atoms with E-state index in [1.807, 2.05) is 42.3 Å². The molecule has 0 aromatic rings. The maximum Gasteiger partial charge on any atom is 0.285 e. The van der Waals surface area contributed by atoms with Crippen molar-refractivity contribution < 1.29 is 14.6 Å². The third-order valence-electron chi connectivity index (χ3n) is 1.56. The van der Waals surface area contributed by atoms with Crippen molar-refractivity contribution in [3.05, 3.63) is 0 Å². The van der Waals surface area contributed by atoms with Crippen molar-refractivity contribution in [3.63, 3.8) is 0 Å². The maximum atomic E-state index is 12.1. The molecule has 0 heterocycles. The van der Waals surface area contributed by atoms with Crippen LogP contribution in [0.25, 0.3) is 0 Å². The topological polar surface area (TPSA) is 81.4 Å². The Morgan fingerprint density at radius 1 is 0.875 bits per heavy atom. The third-order valence-corrected chi connectivity index (χ3v) is 4.69. The lowest BCUT2D eigenvalue weighted by Crippen LogP contribution is -2.30. The van der Waals surface area contributed by atoms with Crippen LogP contribution in [0, 0.1) is 0 Å². The summed E-state index contributed by atoms with van der Waals surface area (Å²) in [6.07, 6.45) is 3.28. The van der Waals surface area contributed by atoms with Crippen LogP contribution >= 0.6 is 7.59 Å². The Hall–Kier alpha value is 0.380. The summed E-state index contributed by atoms with van der Waals surface area (Å²) in [5.74, 6) is 0. The van der Waals surface area contributed by atoms with Gasteiger partial charge in [0.05, 0.1) is 12.5 Å². The lowest BCUT2D eigenvalue weighted by molar-refractivity contribution is 0.383. The van der Waals surface area contributed by atoms with Crippen molar-refractivity contribution in [1.29, 1.82) is 0 Å². The van der Waals surface area contributed by atoms with Gasteiger partial charge in [0.2, 0.25) is 0 Å². The van der Waals surface area contributed by atoms with E-state index in [0.717, 1.165) is 0 Å². The fraction of sp³-hybridized carbons (Fsp3) is 1.00. The molecule has 0 saturated carbocycles. The largest absolute Gasteiger partial charge is 0.617 e. The monoisotopic (exact) mass is 275 g/mol. The van der Waals surface area contributed by atoms with Crippen LogP contribution in [0.3, 0.4) is 0 Å². The van der Waals surface area contributed by atoms with Crippen molar-refractivity contribution in [1.82, 2.24) is 14.0 Å². The second-order valence-electron chi connectivity index (χ2n) is 3.80. The minimum Gasteiger partial charge on any atom is -0.617 e. The van der Waals surface area contributed by atoms with Crippen LogP contribution < -0.4 is 0 Å². The lowest BCUT2D eigenvalue weighted by Gasteiger charge is -2.34. The van der Waals surface area contributed by atoms with Gasteiger partial charge in [-0.25, -0.2) is 14.0 Å². The van der Waals surface area contributed by atoms with E-state index in [0.29, 0.717) is 0 Å². The first kappa shape index (κ1) is 21.6. The molecule has 0 atom stereocenters. The molecule has 0 bridgehead atoms. The highest BCUT2D eigenvalue weighted by atomic mass is 32.2. The number of nitrogens with zero attached hydrogens (tertiary/aromatic N) is 3. The first-order chi connectivity index (χ1) is 6.56. The van der Waals surface area contributed by atoms with E-state index in [1.54, 1.807) is 26.5 Å². The molecule has 0 aliphatic carbocycles. The highest BCUT2D eigenvalue weighted by Crippen LogP contribution is 2.50. The molecule has 102 valence electrons. The predicted octanol–water partition coefficient (Wildman–Crippen LogP) is -0.0507. The first-order valence-electron chi connectivity index (χ1n) is 4.45. The molecule has 0 amide bonds. The van der Waals surface area contributed by atoms with Crippen molar-refractivity contribution in [2.24, 2.45) is 0 Å². The second-order valence-corrected chi connectivity index (χ2v) is 8.71. The molecule has 2 N–H and O–H groups in total. The van der Waals surface area contributed by atoms with Crippen molar-refractivity contribution >= 4 is 18.8 Å². The van der Waals surface area contributed by atoms with E-state index < -0.39 is 18.8 Å². The summed E-state index contributed by atoms with van der Waals surface area (Å²) < 4.78 is 26.9. The van der Waals surface area contributed by atoms with Gasteiger partial charge in [-0.2, -0.15) is 0 Å². The van der Waals surface area contributed by atoms with E-state index in [4.69, 9.17) is 0 Å². The van der Waals surface area contributed by atoms with E-state index in [9.17, 15) is 9.12 Å². The van der Waals surface area contributed by atoms with Crippen LogP contribution in [-0.2, 0) is 15.7 Å². The zero-order valence-electron chi connectivity index (χ0n) is 11.5. The predicted molar refractivity (Wildman–Crippen MR) is 72.3 cm³/mol. The molecule has 0 aliphatic rings. The Labute approximate surface area is 103 Å². The van der Waals surface area contributed by atoms with E-state index >= 15 is 0 Å². The molecule has 16 heavy (non-hydrogen) atoms. The van der Waals surface area contributed by atoms with Gasteiger partial charge in [-0.1, -0.05) is 11.2 Å². The molecule has 0 rings (SSSR count). The molecule has 0 fully saturated rings. The normalized spacial score (nSPS) is 11.6. The van der Waals surface area contributed by atoms with Crippen LogP contribution in [0.15, 0.2) is 0 Å². The number of hydrogen-bond acceptors (Lipinski definition) is 2. The molecule has 6 nitrogen and oxygen atoms in total. The van der Waals surface area contributed by atoms with Crippen molar-refractivity contribution in [2.45, 2.75) is 0 Å². The Bertz CT molecular complexity index is 181. The molecule has 0 radical (unpaired) electrons. The van der Waals surface area contributed by atoms with Gasteiger partial charge in [-0.15, -0.1) is 0 Å². The summed E-state index contributed by atoms with van der Waals surface area (Å²) in [6, 6.07) is 0.